The van der Waals surface area contributed by atoms with E-state index in [-0.39, 0.29) is 18.3 Å². The average molecular weight is 197 g/mol. The number of hydrogen-bond donors (Lipinski definition) is 1. The van der Waals surface area contributed by atoms with Gasteiger partial charge < -0.3 is 9.84 Å². The molecule has 1 rings (SSSR count). The van der Waals surface area contributed by atoms with Crippen LogP contribution in [-0.2, 0) is 4.74 Å². The third kappa shape index (κ3) is 3.30. The lowest BCUT2D eigenvalue weighted by molar-refractivity contribution is -0.146. The quantitative estimate of drug-likeness (QED) is 0.654. The summed E-state index contributed by atoms with van der Waals surface area (Å²) < 4.78 is 5.69. The molecule has 1 N–H and O–H groups in total. The molecular formula is C11H19NO2. The van der Waals surface area contributed by atoms with E-state index in [2.05, 4.69) is 16.7 Å². The SMILES string of the molecule is CC#CCN1CC(CO)OC(C)(C)C1. The van der Waals surface area contributed by atoms with Crippen LogP contribution >= 0.6 is 0 Å². The van der Waals surface area contributed by atoms with Crippen molar-refractivity contribution in [2.45, 2.75) is 32.5 Å². The van der Waals surface area contributed by atoms with Crippen LogP contribution in [0.1, 0.15) is 20.8 Å². The molecule has 0 aromatic rings. The van der Waals surface area contributed by atoms with Crippen molar-refractivity contribution in [3.63, 3.8) is 0 Å². The van der Waals surface area contributed by atoms with Gasteiger partial charge in [-0.15, -0.1) is 5.92 Å². The van der Waals surface area contributed by atoms with Crippen molar-refractivity contribution in [1.29, 1.82) is 0 Å². The summed E-state index contributed by atoms with van der Waals surface area (Å²) in [6.45, 7) is 8.42. The monoisotopic (exact) mass is 197 g/mol. The Morgan fingerprint density at radius 3 is 2.86 bits per heavy atom. The highest BCUT2D eigenvalue weighted by Gasteiger charge is 2.32. The summed E-state index contributed by atoms with van der Waals surface area (Å²) in [4.78, 5) is 2.22. The van der Waals surface area contributed by atoms with Gasteiger partial charge in [-0.1, -0.05) is 5.92 Å². The zero-order valence-electron chi connectivity index (χ0n) is 9.21. The first-order valence-electron chi connectivity index (χ1n) is 4.98. The van der Waals surface area contributed by atoms with Crippen LogP contribution in [-0.4, -0.2) is 48.0 Å². The van der Waals surface area contributed by atoms with Gasteiger partial charge in [0, 0.05) is 13.1 Å². The minimum atomic E-state index is -0.179. The van der Waals surface area contributed by atoms with E-state index >= 15 is 0 Å². The van der Waals surface area contributed by atoms with Crippen LogP contribution < -0.4 is 0 Å². The summed E-state index contributed by atoms with van der Waals surface area (Å²) in [6.07, 6.45) is -0.0718. The molecule has 14 heavy (non-hydrogen) atoms. The number of aliphatic hydroxyl groups excluding tert-OH is 1. The number of nitrogens with zero attached hydrogens (tertiary/aromatic N) is 1. The molecule has 0 aliphatic carbocycles. The first-order valence-corrected chi connectivity index (χ1v) is 4.98. The summed E-state index contributed by atoms with van der Waals surface area (Å²) in [5.41, 5.74) is -0.179. The fourth-order valence-corrected chi connectivity index (χ4v) is 1.82. The highest BCUT2D eigenvalue weighted by molar-refractivity contribution is 4.99. The Hall–Kier alpha value is -0.560. The van der Waals surface area contributed by atoms with Gasteiger partial charge in [-0.05, 0) is 20.8 Å². The van der Waals surface area contributed by atoms with Crippen LogP contribution in [0.3, 0.4) is 0 Å². The Kier molecular flexibility index (Phi) is 3.94. The first-order chi connectivity index (χ1) is 6.57. The van der Waals surface area contributed by atoms with Gasteiger partial charge in [0.05, 0.1) is 24.9 Å². The molecule has 0 aromatic heterocycles. The van der Waals surface area contributed by atoms with Crippen LogP contribution in [0.25, 0.3) is 0 Å². The summed E-state index contributed by atoms with van der Waals surface area (Å²) in [7, 11) is 0. The van der Waals surface area contributed by atoms with Gasteiger partial charge in [-0.25, -0.2) is 0 Å². The number of hydrogen-bond acceptors (Lipinski definition) is 3. The normalized spacial score (nSPS) is 26.7. The topological polar surface area (TPSA) is 32.7 Å². The number of ether oxygens (including phenoxy) is 1. The molecule has 3 heteroatoms. The Morgan fingerprint density at radius 1 is 1.57 bits per heavy atom. The smallest absolute Gasteiger partial charge is 0.0940 e. The summed E-state index contributed by atoms with van der Waals surface area (Å²) in [5, 5.41) is 9.08. The van der Waals surface area contributed by atoms with Gasteiger partial charge in [-0.3, -0.25) is 4.90 Å². The van der Waals surface area contributed by atoms with E-state index in [0.717, 1.165) is 19.6 Å². The Bertz CT molecular complexity index is 239. The lowest BCUT2D eigenvalue weighted by Crippen LogP contribution is -2.53. The third-order valence-corrected chi connectivity index (χ3v) is 2.23. The highest BCUT2D eigenvalue weighted by Crippen LogP contribution is 2.20. The van der Waals surface area contributed by atoms with E-state index in [1.54, 1.807) is 0 Å². The molecule has 3 nitrogen and oxygen atoms in total. The van der Waals surface area contributed by atoms with Gasteiger partial charge in [0.25, 0.3) is 0 Å². The van der Waals surface area contributed by atoms with Gasteiger partial charge in [0.15, 0.2) is 0 Å². The van der Waals surface area contributed by atoms with Crippen LogP contribution in [0, 0.1) is 11.8 Å². The van der Waals surface area contributed by atoms with E-state index in [9.17, 15) is 0 Å². The standard InChI is InChI=1S/C11H19NO2/c1-4-5-6-12-7-10(8-13)14-11(2,3)9-12/h10,13H,6-9H2,1-3H3. The fraction of sp³-hybridized carbons (Fsp3) is 0.818. The maximum atomic E-state index is 9.08. The van der Waals surface area contributed by atoms with Gasteiger partial charge in [0.1, 0.15) is 0 Å². The molecule has 0 saturated carbocycles. The van der Waals surface area contributed by atoms with Crippen molar-refractivity contribution < 1.29 is 9.84 Å². The zero-order chi connectivity index (χ0) is 10.6. The summed E-state index contributed by atoms with van der Waals surface area (Å²) in [5.74, 6) is 5.92. The third-order valence-electron chi connectivity index (χ3n) is 2.23. The summed E-state index contributed by atoms with van der Waals surface area (Å²) >= 11 is 0. The zero-order valence-corrected chi connectivity index (χ0v) is 9.21. The molecule has 1 aliphatic rings. The lowest BCUT2D eigenvalue weighted by atomic mass is 10.1. The van der Waals surface area contributed by atoms with Crippen LogP contribution in [0.4, 0.5) is 0 Å². The molecule has 1 fully saturated rings. The van der Waals surface area contributed by atoms with Crippen LogP contribution in [0.5, 0.6) is 0 Å². The Labute approximate surface area is 86.0 Å². The van der Waals surface area contributed by atoms with Crippen molar-refractivity contribution in [3.05, 3.63) is 0 Å². The molecule has 0 radical (unpaired) electrons. The number of rotatable bonds is 2. The van der Waals surface area contributed by atoms with Crippen LogP contribution in [0.15, 0.2) is 0 Å². The second kappa shape index (κ2) is 4.79. The molecule has 1 unspecified atom stereocenters. The molecule has 1 aliphatic heterocycles. The van der Waals surface area contributed by atoms with Gasteiger partial charge in [-0.2, -0.15) is 0 Å². The van der Waals surface area contributed by atoms with E-state index in [1.807, 2.05) is 20.8 Å². The molecule has 0 aromatic carbocycles. The molecule has 80 valence electrons. The number of morpholine rings is 1. The summed E-state index contributed by atoms with van der Waals surface area (Å²) in [6, 6.07) is 0. The van der Waals surface area contributed by atoms with Crippen molar-refractivity contribution in [1.82, 2.24) is 4.90 Å². The maximum Gasteiger partial charge on any atom is 0.0940 e. The van der Waals surface area contributed by atoms with Crippen LogP contribution in [0.2, 0.25) is 0 Å². The van der Waals surface area contributed by atoms with Crippen molar-refractivity contribution in [3.8, 4) is 11.8 Å². The van der Waals surface area contributed by atoms with E-state index in [4.69, 9.17) is 9.84 Å². The first kappa shape index (κ1) is 11.5. The second-order valence-electron chi connectivity index (χ2n) is 4.28. The van der Waals surface area contributed by atoms with E-state index < -0.39 is 0 Å². The van der Waals surface area contributed by atoms with Crippen molar-refractivity contribution in [2.75, 3.05) is 26.2 Å². The predicted octanol–water partition coefficient (Wildman–Crippen LogP) is 0.481. The molecule has 1 heterocycles. The fourth-order valence-electron chi connectivity index (χ4n) is 1.82. The molecular weight excluding hydrogens is 178 g/mol. The van der Waals surface area contributed by atoms with E-state index in [0.29, 0.717) is 0 Å². The minimum Gasteiger partial charge on any atom is -0.394 e. The van der Waals surface area contributed by atoms with E-state index in [1.165, 1.54) is 0 Å². The minimum absolute atomic E-state index is 0.0718. The predicted molar refractivity (Wildman–Crippen MR) is 55.9 cm³/mol. The second-order valence-corrected chi connectivity index (χ2v) is 4.28. The van der Waals surface area contributed by atoms with Crippen molar-refractivity contribution >= 4 is 0 Å². The highest BCUT2D eigenvalue weighted by atomic mass is 16.5. The molecule has 0 spiro atoms. The molecule has 0 bridgehead atoms. The lowest BCUT2D eigenvalue weighted by Gasteiger charge is -2.41. The average Bonchev–Trinajstić information content (AvgIpc) is 2.12. The van der Waals surface area contributed by atoms with Crippen molar-refractivity contribution in [2.24, 2.45) is 0 Å². The maximum absolute atomic E-state index is 9.08. The molecule has 1 saturated heterocycles. The van der Waals surface area contributed by atoms with Gasteiger partial charge >= 0.3 is 0 Å². The number of aliphatic hydroxyl groups is 1. The largest absolute Gasteiger partial charge is 0.394 e. The molecule has 0 amide bonds. The molecule has 1 atom stereocenters. The van der Waals surface area contributed by atoms with Gasteiger partial charge in [0.2, 0.25) is 0 Å². The Morgan fingerprint density at radius 2 is 2.29 bits per heavy atom. The Balaban J connectivity index is 2.54.